The predicted octanol–water partition coefficient (Wildman–Crippen LogP) is 3.46. The standard InChI is InChI=1S/C16H14FNO2/c1-2-20-16(19)10-4-12-3-9-15(18-11-12)13-5-7-14(17)8-6-13/h3-11H,2H2,1H3/b10-4+. The summed E-state index contributed by atoms with van der Waals surface area (Å²) in [7, 11) is 0. The molecule has 0 amide bonds. The smallest absolute Gasteiger partial charge is 0.330 e. The Bertz CT molecular complexity index is 603. The Hall–Kier alpha value is -2.49. The van der Waals surface area contributed by atoms with E-state index < -0.39 is 0 Å². The third-order valence-corrected chi connectivity index (χ3v) is 2.62. The lowest BCUT2D eigenvalue weighted by molar-refractivity contribution is -0.137. The van der Waals surface area contributed by atoms with Crippen molar-refractivity contribution in [1.29, 1.82) is 0 Å². The quantitative estimate of drug-likeness (QED) is 0.631. The minimum Gasteiger partial charge on any atom is -0.463 e. The molecule has 0 spiro atoms. The van der Waals surface area contributed by atoms with Gasteiger partial charge in [0.2, 0.25) is 0 Å². The van der Waals surface area contributed by atoms with E-state index in [1.807, 2.05) is 12.1 Å². The van der Waals surface area contributed by atoms with Crippen molar-refractivity contribution in [3.05, 3.63) is 60.1 Å². The average Bonchev–Trinajstić information content (AvgIpc) is 2.47. The number of benzene rings is 1. The number of carbonyl (C=O) groups is 1. The van der Waals surface area contributed by atoms with Crippen LogP contribution in [0.15, 0.2) is 48.7 Å². The van der Waals surface area contributed by atoms with Crippen molar-refractivity contribution in [2.75, 3.05) is 6.61 Å². The van der Waals surface area contributed by atoms with Crippen molar-refractivity contribution in [3.8, 4) is 11.3 Å². The van der Waals surface area contributed by atoms with Gasteiger partial charge in [-0.15, -0.1) is 0 Å². The summed E-state index contributed by atoms with van der Waals surface area (Å²) in [6.07, 6.45) is 4.64. The highest BCUT2D eigenvalue weighted by Crippen LogP contribution is 2.17. The highest BCUT2D eigenvalue weighted by atomic mass is 19.1. The Morgan fingerprint density at radius 1 is 1.25 bits per heavy atom. The molecule has 102 valence electrons. The van der Waals surface area contributed by atoms with Crippen LogP contribution in [0.25, 0.3) is 17.3 Å². The van der Waals surface area contributed by atoms with Crippen LogP contribution in [0.3, 0.4) is 0 Å². The summed E-state index contributed by atoms with van der Waals surface area (Å²) in [5, 5.41) is 0. The van der Waals surface area contributed by atoms with Gasteiger partial charge in [-0.3, -0.25) is 4.98 Å². The van der Waals surface area contributed by atoms with Gasteiger partial charge in [0.25, 0.3) is 0 Å². The van der Waals surface area contributed by atoms with Gasteiger partial charge in [0, 0.05) is 17.8 Å². The van der Waals surface area contributed by atoms with E-state index >= 15 is 0 Å². The second-order valence-corrected chi connectivity index (χ2v) is 4.07. The SMILES string of the molecule is CCOC(=O)/C=C/c1ccc(-c2ccc(F)cc2)nc1. The first-order valence-electron chi connectivity index (χ1n) is 6.26. The molecule has 0 bridgehead atoms. The number of rotatable bonds is 4. The van der Waals surface area contributed by atoms with Gasteiger partial charge in [0.1, 0.15) is 5.82 Å². The average molecular weight is 271 g/mol. The number of hydrogen-bond donors (Lipinski definition) is 0. The first-order valence-corrected chi connectivity index (χ1v) is 6.26. The Morgan fingerprint density at radius 2 is 2.00 bits per heavy atom. The number of pyridine rings is 1. The topological polar surface area (TPSA) is 39.2 Å². The van der Waals surface area contributed by atoms with E-state index in [2.05, 4.69) is 4.98 Å². The molecule has 20 heavy (non-hydrogen) atoms. The molecule has 1 heterocycles. The van der Waals surface area contributed by atoms with Crippen LogP contribution in [-0.2, 0) is 9.53 Å². The van der Waals surface area contributed by atoms with Crippen LogP contribution in [0.1, 0.15) is 12.5 Å². The number of esters is 1. The van der Waals surface area contributed by atoms with E-state index in [0.29, 0.717) is 6.61 Å². The number of ether oxygens (including phenoxy) is 1. The number of halogens is 1. The van der Waals surface area contributed by atoms with Gasteiger partial charge in [-0.2, -0.15) is 0 Å². The van der Waals surface area contributed by atoms with Crippen LogP contribution in [0.4, 0.5) is 4.39 Å². The lowest BCUT2D eigenvalue weighted by Gasteiger charge is -2.01. The summed E-state index contributed by atoms with van der Waals surface area (Å²) >= 11 is 0. The summed E-state index contributed by atoms with van der Waals surface area (Å²) in [5.41, 5.74) is 2.38. The van der Waals surface area contributed by atoms with E-state index in [4.69, 9.17) is 4.74 Å². The summed E-state index contributed by atoms with van der Waals surface area (Å²) in [6, 6.07) is 9.79. The summed E-state index contributed by atoms with van der Waals surface area (Å²) in [6.45, 7) is 2.11. The van der Waals surface area contributed by atoms with Crippen molar-refractivity contribution in [2.45, 2.75) is 6.92 Å². The molecule has 1 aromatic carbocycles. The number of carbonyl (C=O) groups excluding carboxylic acids is 1. The largest absolute Gasteiger partial charge is 0.463 e. The Morgan fingerprint density at radius 3 is 2.60 bits per heavy atom. The van der Waals surface area contributed by atoms with E-state index in [1.165, 1.54) is 18.2 Å². The summed E-state index contributed by atoms with van der Waals surface area (Å²) < 4.78 is 17.6. The lowest BCUT2D eigenvalue weighted by Crippen LogP contribution is -1.98. The number of hydrogen-bond acceptors (Lipinski definition) is 3. The van der Waals surface area contributed by atoms with Crippen molar-refractivity contribution in [1.82, 2.24) is 4.98 Å². The van der Waals surface area contributed by atoms with Gasteiger partial charge in [-0.05, 0) is 48.9 Å². The van der Waals surface area contributed by atoms with Crippen LogP contribution in [-0.4, -0.2) is 17.6 Å². The van der Waals surface area contributed by atoms with Crippen molar-refractivity contribution >= 4 is 12.0 Å². The predicted molar refractivity (Wildman–Crippen MR) is 75.3 cm³/mol. The third-order valence-electron chi connectivity index (χ3n) is 2.62. The Kier molecular flexibility index (Phi) is 4.60. The molecule has 0 aliphatic rings. The van der Waals surface area contributed by atoms with Crippen LogP contribution in [0, 0.1) is 5.82 Å². The zero-order chi connectivity index (χ0) is 14.4. The van der Waals surface area contributed by atoms with Gasteiger partial charge >= 0.3 is 5.97 Å². The van der Waals surface area contributed by atoms with Crippen LogP contribution >= 0.6 is 0 Å². The number of aromatic nitrogens is 1. The lowest BCUT2D eigenvalue weighted by atomic mass is 10.1. The molecule has 0 saturated heterocycles. The molecule has 0 atom stereocenters. The molecular formula is C16H14FNO2. The normalized spacial score (nSPS) is 10.7. The molecule has 2 aromatic rings. The van der Waals surface area contributed by atoms with Crippen LogP contribution in [0.2, 0.25) is 0 Å². The third kappa shape index (κ3) is 3.75. The van der Waals surface area contributed by atoms with Gasteiger partial charge in [-0.25, -0.2) is 9.18 Å². The second-order valence-electron chi connectivity index (χ2n) is 4.07. The maximum atomic E-state index is 12.8. The summed E-state index contributed by atoms with van der Waals surface area (Å²) in [5.74, 6) is -0.655. The Balaban J connectivity index is 2.10. The zero-order valence-electron chi connectivity index (χ0n) is 11.0. The van der Waals surface area contributed by atoms with Gasteiger partial charge < -0.3 is 4.74 Å². The first-order chi connectivity index (χ1) is 9.69. The zero-order valence-corrected chi connectivity index (χ0v) is 11.0. The fourth-order valence-corrected chi connectivity index (χ4v) is 1.65. The van der Waals surface area contributed by atoms with Gasteiger partial charge in [0.15, 0.2) is 0 Å². The highest BCUT2D eigenvalue weighted by Gasteiger charge is 2.00. The first kappa shape index (κ1) is 13.9. The highest BCUT2D eigenvalue weighted by molar-refractivity contribution is 5.87. The molecule has 0 aliphatic heterocycles. The molecule has 0 unspecified atom stereocenters. The van der Waals surface area contributed by atoms with Crippen LogP contribution < -0.4 is 0 Å². The Labute approximate surface area is 116 Å². The molecule has 0 fully saturated rings. The molecule has 4 heteroatoms. The second kappa shape index (κ2) is 6.61. The van der Waals surface area contributed by atoms with E-state index in [0.717, 1.165) is 16.8 Å². The molecule has 0 saturated carbocycles. The van der Waals surface area contributed by atoms with Gasteiger partial charge in [-0.1, -0.05) is 6.07 Å². The molecule has 0 aliphatic carbocycles. The minimum atomic E-state index is -0.380. The fraction of sp³-hybridized carbons (Fsp3) is 0.125. The molecule has 3 nitrogen and oxygen atoms in total. The van der Waals surface area contributed by atoms with E-state index in [1.54, 1.807) is 31.3 Å². The maximum Gasteiger partial charge on any atom is 0.330 e. The maximum absolute atomic E-state index is 12.8. The minimum absolute atomic E-state index is 0.275. The molecule has 0 N–H and O–H groups in total. The van der Waals surface area contributed by atoms with Gasteiger partial charge in [0.05, 0.1) is 12.3 Å². The van der Waals surface area contributed by atoms with Crippen molar-refractivity contribution in [2.24, 2.45) is 0 Å². The number of nitrogens with zero attached hydrogens (tertiary/aromatic N) is 1. The molecular weight excluding hydrogens is 257 g/mol. The van der Waals surface area contributed by atoms with Crippen molar-refractivity contribution < 1.29 is 13.9 Å². The molecule has 2 rings (SSSR count). The fourth-order valence-electron chi connectivity index (χ4n) is 1.65. The monoisotopic (exact) mass is 271 g/mol. The summed E-state index contributed by atoms with van der Waals surface area (Å²) in [4.78, 5) is 15.4. The van der Waals surface area contributed by atoms with E-state index in [-0.39, 0.29) is 11.8 Å². The molecule has 1 aromatic heterocycles. The molecule has 0 radical (unpaired) electrons. The van der Waals surface area contributed by atoms with Crippen molar-refractivity contribution in [3.63, 3.8) is 0 Å². The van der Waals surface area contributed by atoms with E-state index in [9.17, 15) is 9.18 Å². The van der Waals surface area contributed by atoms with Crippen LogP contribution in [0.5, 0.6) is 0 Å².